The smallest absolute Gasteiger partial charge is 0.331 e. The molecule has 6 nitrogen and oxygen atoms in total. The normalized spacial score (nSPS) is 16.5. The number of nitrogens with one attached hydrogen (secondary N) is 1. The van der Waals surface area contributed by atoms with Crippen LogP contribution in [0.1, 0.15) is 61.8 Å². The van der Waals surface area contributed by atoms with Crippen molar-refractivity contribution >= 4 is 5.78 Å². The molecule has 0 spiro atoms. The fourth-order valence-corrected chi connectivity index (χ4v) is 2.64. The first-order valence-electron chi connectivity index (χ1n) is 6.67. The minimum Gasteiger partial charge on any atom is -0.494 e. The van der Waals surface area contributed by atoms with Gasteiger partial charge in [-0.1, -0.05) is 26.2 Å². The number of hydrogen-bond acceptors (Lipinski definition) is 4. The average molecular weight is 266 g/mol. The Labute approximate surface area is 110 Å². The zero-order valence-electron chi connectivity index (χ0n) is 10.9. The zero-order valence-corrected chi connectivity index (χ0v) is 10.9. The summed E-state index contributed by atoms with van der Waals surface area (Å²) in [5.41, 5.74) is -1.74. The van der Waals surface area contributed by atoms with Crippen molar-refractivity contribution < 1.29 is 9.90 Å². The maximum atomic E-state index is 11.9. The summed E-state index contributed by atoms with van der Waals surface area (Å²) in [6, 6.07) is -0.137. The van der Waals surface area contributed by atoms with Crippen molar-refractivity contribution in [1.82, 2.24) is 9.55 Å². The quantitative estimate of drug-likeness (QED) is 0.807. The van der Waals surface area contributed by atoms with E-state index in [-0.39, 0.29) is 18.0 Å². The molecule has 1 aromatic rings. The van der Waals surface area contributed by atoms with E-state index in [1.807, 2.05) is 0 Å². The summed E-state index contributed by atoms with van der Waals surface area (Å²) < 4.78 is 1.17. The standard InChI is InChI=1S/C13H18N2O4/c1-2-9(16)10-11(17)14-13(19)15(12(10)18)8-6-4-3-5-7-8/h8,18H,2-7H2,1H3,(H,14,17,19). The van der Waals surface area contributed by atoms with Gasteiger partial charge in [-0.05, 0) is 12.8 Å². The van der Waals surface area contributed by atoms with Crippen molar-refractivity contribution in [2.24, 2.45) is 0 Å². The molecule has 0 aliphatic heterocycles. The number of ketones is 1. The van der Waals surface area contributed by atoms with E-state index in [0.717, 1.165) is 32.1 Å². The highest BCUT2D eigenvalue weighted by Gasteiger charge is 2.25. The van der Waals surface area contributed by atoms with Gasteiger partial charge in [0.15, 0.2) is 5.78 Å². The lowest BCUT2D eigenvalue weighted by Gasteiger charge is -2.24. The molecule has 1 aliphatic carbocycles. The molecule has 2 rings (SSSR count). The van der Waals surface area contributed by atoms with E-state index in [2.05, 4.69) is 4.98 Å². The predicted octanol–water partition coefficient (Wildman–Crippen LogP) is 1.34. The third-order valence-electron chi connectivity index (χ3n) is 3.66. The van der Waals surface area contributed by atoms with Crippen molar-refractivity contribution in [3.63, 3.8) is 0 Å². The van der Waals surface area contributed by atoms with Crippen molar-refractivity contribution in [3.8, 4) is 5.88 Å². The Hall–Kier alpha value is -1.85. The molecule has 19 heavy (non-hydrogen) atoms. The molecule has 1 aliphatic rings. The fraction of sp³-hybridized carbons (Fsp3) is 0.615. The summed E-state index contributed by atoms with van der Waals surface area (Å²) in [7, 11) is 0. The molecule has 0 amide bonds. The van der Waals surface area contributed by atoms with E-state index < -0.39 is 22.9 Å². The maximum Gasteiger partial charge on any atom is 0.331 e. The van der Waals surface area contributed by atoms with Crippen LogP contribution in [0.25, 0.3) is 0 Å². The van der Waals surface area contributed by atoms with Crippen LogP contribution in [-0.4, -0.2) is 20.4 Å². The predicted molar refractivity (Wildman–Crippen MR) is 69.7 cm³/mol. The Morgan fingerprint density at radius 3 is 2.53 bits per heavy atom. The van der Waals surface area contributed by atoms with E-state index in [4.69, 9.17) is 0 Å². The molecule has 0 radical (unpaired) electrons. The third-order valence-corrected chi connectivity index (χ3v) is 3.66. The molecule has 1 aromatic heterocycles. The average Bonchev–Trinajstić information content (AvgIpc) is 2.39. The molecule has 6 heteroatoms. The van der Waals surface area contributed by atoms with Crippen LogP contribution >= 0.6 is 0 Å². The van der Waals surface area contributed by atoms with Crippen LogP contribution < -0.4 is 11.2 Å². The summed E-state index contributed by atoms with van der Waals surface area (Å²) in [5, 5.41) is 10.1. The molecule has 1 saturated carbocycles. The number of aromatic hydroxyl groups is 1. The van der Waals surface area contributed by atoms with Crippen LogP contribution in [-0.2, 0) is 0 Å². The lowest BCUT2D eigenvalue weighted by molar-refractivity contribution is 0.0981. The highest BCUT2D eigenvalue weighted by molar-refractivity contribution is 5.97. The van der Waals surface area contributed by atoms with E-state index in [1.54, 1.807) is 6.92 Å². The molecule has 0 unspecified atom stereocenters. The topological polar surface area (TPSA) is 92.2 Å². The molecular formula is C13H18N2O4. The number of carbonyl (C=O) groups is 1. The van der Waals surface area contributed by atoms with Gasteiger partial charge in [-0.25, -0.2) is 4.79 Å². The molecule has 1 fully saturated rings. The molecule has 1 heterocycles. The maximum absolute atomic E-state index is 11.9. The van der Waals surface area contributed by atoms with E-state index in [0.29, 0.717) is 0 Å². The number of H-pyrrole nitrogens is 1. The number of hydrogen-bond donors (Lipinski definition) is 2. The summed E-state index contributed by atoms with van der Waals surface area (Å²) in [6.07, 6.45) is 4.73. The van der Waals surface area contributed by atoms with Gasteiger partial charge in [0, 0.05) is 12.5 Å². The van der Waals surface area contributed by atoms with Gasteiger partial charge in [0.2, 0.25) is 5.88 Å². The number of aromatic nitrogens is 2. The SMILES string of the molecule is CCC(=O)c1c(O)n(C2CCCCC2)c(=O)[nH]c1=O. The van der Waals surface area contributed by atoms with E-state index in [1.165, 1.54) is 4.57 Å². The largest absolute Gasteiger partial charge is 0.494 e. The fourth-order valence-electron chi connectivity index (χ4n) is 2.64. The Morgan fingerprint density at radius 2 is 1.95 bits per heavy atom. The second kappa shape index (κ2) is 5.42. The summed E-state index contributed by atoms with van der Waals surface area (Å²) >= 11 is 0. The van der Waals surface area contributed by atoms with Gasteiger partial charge >= 0.3 is 5.69 Å². The minimum atomic E-state index is -0.804. The Balaban J connectivity index is 2.57. The van der Waals surface area contributed by atoms with Gasteiger partial charge in [-0.15, -0.1) is 0 Å². The molecule has 0 bridgehead atoms. The molecule has 2 N–H and O–H groups in total. The van der Waals surface area contributed by atoms with Gasteiger partial charge in [0.1, 0.15) is 5.56 Å². The van der Waals surface area contributed by atoms with Gasteiger partial charge in [-0.2, -0.15) is 0 Å². The number of nitrogens with zero attached hydrogens (tertiary/aromatic N) is 1. The number of carbonyl (C=O) groups excluding carboxylic acids is 1. The van der Waals surface area contributed by atoms with E-state index >= 15 is 0 Å². The van der Waals surface area contributed by atoms with Gasteiger partial charge in [-0.3, -0.25) is 19.1 Å². The van der Waals surface area contributed by atoms with Gasteiger partial charge in [0.25, 0.3) is 5.56 Å². The molecule has 0 atom stereocenters. The second-order valence-corrected chi connectivity index (χ2v) is 4.90. The van der Waals surface area contributed by atoms with E-state index in [9.17, 15) is 19.5 Å². The Bertz CT molecular complexity index is 594. The molecule has 0 aromatic carbocycles. The first-order valence-corrected chi connectivity index (χ1v) is 6.67. The van der Waals surface area contributed by atoms with Crippen molar-refractivity contribution in [2.45, 2.75) is 51.5 Å². The third kappa shape index (κ3) is 2.47. The highest BCUT2D eigenvalue weighted by atomic mass is 16.3. The molecule has 104 valence electrons. The van der Waals surface area contributed by atoms with Crippen molar-refractivity contribution in [2.75, 3.05) is 0 Å². The monoisotopic (exact) mass is 266 g/mol. The van der Waals surface area contributed by atoms with Crippen molar-refractivity contribution in [1.29, 1.82) is 0 Å². The second-order valence-electron chi connectivity index (χ2n) is 4.90. The van der Waals surface area contributed by atoms with Crippen LogP contribution in [0.15, 0.2) is 9.59 Å². The first-order chi connectivity index (χ1) is 9.06. The highest BCUT2D eigenvalue weighted by Crippen LogP contribution is 2.30. The lowest BCUT2D eigenvalue weighted by atomic mass is 9.95. The molecular weight excluding hydrogens is 248 g/mol. The van der Waals surface area contributed by atoms with Gasteiger partial charge < -0.3 is 5.11 Å². The van der Waals surface area contributed by atoms with Crippen LogP contribution in [0, 0.1) is 0 Å². The molecule has 0 saturated heterocycles. The summed E-state index contributed by atoms with van der Waals surface area (Å²) in [5.74, 6) is -0.934. The van der Waals surface area contributed by atoms with Gasteiger partial charge in [0.05, 0.1) is 0 Å². The van der Waals surface area contributed by atoms with Crippen molar-refractivity contribution in [3.05, 3.63) is 26.4 Å². The first kappa shape index (κ1) is 13.6. The summed E-state index contributed by atoms with van der Waals surface area (Å²) in [4.78, 5) is 37.3. The number of Topliss-reactive ketones (excluding diaryl/α,β-unsaturated/α-hetero) is 1. The van der Waals surface area contributed by atoms with Crippen LogP contribution in [0.3, 0.4) is 0 Å². The number of rotatable bonds is 3. The summed E-state index contributed by atoms with van der Waals surface area (Å²) in [6.45, 7) is 1.61. The van der Waals surface area contributed by atoms with Crippen LogP contribution in [0.2, 0.25) is 0 Å². The van der Waals surface area contributed by atoms with Crippen LogP contribution in [0.4, 0.5) is 0 Å². The Kier molecular flexibility index (Phi) is 3.87. The van der Waals surface area contributed by atoms with Crippen LogP contribution in [0.5, 0.6) is 5.88 Å². The zero-order chi connectivity index (χ0) is 14.0. The Morgan fingerprint density at radius 1 is 1.32 bits per heavy atom. The number of aromatic amines is 1. The minimum absolute atomic E-state index is 0.111. The lowest BCUT2D eigenvalue weighted by Crippen LogP contribution is -2.36.